The Bertz CT molecular complexity index is 355. The Morgan fingerprint density at radius 2 is 2.05 bits per heavy atom. The fourth-order valence-electron chi connectivity index (χ4n) is 2.36. The van der Waals surface area contributed by atoms with Gasteiger partial charge in [-0.15, -0.1) is 0 Å². The van der Waals surface area contributed by atoms with E-state index in [0.29, 0.717) is 13.0 Å². The average Bonchev–Trinajstić information content (AvgIpc) is 2.26. The molecule has 0 bridgehead atoms. The molecule has 5 nitrogen and oxygen atoms in total. The molecule has 0 aromatic rings. The summed E-state index contributed by atoms with van der Waals surface area (Å²) < 4.78 is 32.3. The normalized spacial score (nSPS) is 23.4. The van der Waals surface area contributed by atoms with Crippen LogP contribution in [0.25, 0.3) is 0 Å². The summed E-state index contributed by atoms with van der Waals surface area (Å²) in [4.78, 5) is 0. The monoisotopic (exact) mass is 292 g/mol. The second-order valence-electron chi connectivity index (χ2n) is 5.80. The van der Waals surface area contributed by atoms with Crippen molar-refractivity contribution in [3.05, 3.63) is 0 Å². The number of unbranched alkanes of at least 4 members (excludes halogenated alkanes) is 1. The first kappa shape index (κ1) is 16.9. The first-order valence-corrected chi connectivity index (χ1v) is 8.84. The fourth-order valence-corrected chi connectivity index (χ4v) is 3.78. The molecule has 19 heavy (non-hydrogen) atoms. The first-order valence-electron chi connectivity index (χ1n) is 7.19. The zero-order chi connectivity index (χ0) is 14.4. The van der Waals surface area contributed by atoms with E-state index in [1.54, 1.807) is 0 Å². The lowest BCUT2D eigenvalue weighted by molar-refractivity contribution is -0.0599. The van der Waals surface area contributed by atoms with Gasteiger partial charge in [0.2, 0.25) is 10.0 Å². The van der Waals surface area contributed by atoms with Crippen molar-refractivity contribution in [2.24, 2.45) is 0 Å². The molecule has 0 aromatic carbocycles. The molecule has 1 aliphatic heterocycles. The minimum atomic E-state index is -3.15. The zero-order valence-electron chi connectivity index (χ0n) is 12.4. The van der Waals surface area contributed by atoms with Gasteiger partial charge >= 0.3 is 0 Å². The highest BCUT2D eigenvalue weighted by Gasteiger charge is 2.30. The summed E-state index contributed by atoms with van der Waals surface area (Å²) in [6.07, 6.45) is 3.10. The van der Waals surface area contributed by atoms with Crippen LogP contribution in [0, 0.1) is 0 Å². The summed E-state index contributed by atoms with van der Waals surface area (Å²) in [6, 6.07) is 0.0162. The molecule has 1 unspecified atom stereocenters. The lowest BCUT2D eigenvalue weighted by atomic mass is 9.95. The van der Waals surface area contributed by atoms with Crippen LogP contribution >= 0.6 is 0 Å². The number of hydrogen-bond acceptors (Lipinski definition) is 4. The molecular weight excluding hydrogens is 264 g/mol. The summed E-state index contributed by atoms with van der Waals surface area (Å²) >= 11 is 0. The van der Waals surface area contributed by atoms with Crippen LogP contribution < -0.4 is 10.0 Å². The SMILES string of the molecule is CCNCCCCS(=O)(=O)NC1CCOC(C)(C)C1. The standard InChI is InChI=1S/C13H28N2O3S/c1-4-14-8-5-6-10-19(16,17)15-12-7-9-18-13(2,3)11-12/h12,14-15H,4-11H2,1-3H3. The van der Waals surface area contributed by atoms with E-state index >= 15 is 0 Å². The lowest BCUT2D eigenvalue weighted by Gasteiger charge is -2.35. The number of sulfonamides is 1. The van der Waals surface area contributed by atoms with Crippen LogP contribution in [0.1, 0.15) is 46.5 Å². The Morgan fingerprint density at radius 3 is 2.68 bits per heavy atom. The molecule has 1 atom stereocenters. The molecule has 0 aliphatic carbocycles. The van der Waals surface area contributed by atoms with Gasteiger partial charge in [0.1, 0.15) is 0 Å². The quantitative estimate of drug-likeness (QED) is 0.661. The average molecular weight is 292 g/mol. The Morgan fingerprint density at radius 1 is 1.32 bits per heavy atom. The van der Waals surface area contributed by atoms with E-state index in [0.717, 1.165) is 32.4 Å². The lowest BCUT2D eigenvalue weighted by Crippen LogP contribution is -2.46. The maximum atomic E-state index is 12.0. The van der Waals surface area contributed by atoms with E-state index in [2.05, 4.69) is 10.0 Å². The molecule has 1 heterocycles. The van der Waals surface area contributed by atoms with Crippen molar-refractivity contribution in [2.45, 2.75) is 58.1 Å². The molecule has 6 heteroatoms. The van der Waals surface area contributed by atoms with Crippen molar-refractivity contribution in [3.8, 4) is 0 Å². The van der Waals surface area contributed by atoms with Crippen molar-refractivity contribution in [1.82, 2.24) is 10.0 Å². The summed E-state index contributed by atoms with van der Waals surface area (Å²) in [5.41, 5.74) is -0.226. The van der Waals surface area contributed by atoms with Crippen LogP contribution in [-0.2, 0) is 14.8 Å². The number of hydrogen-bond donors (Lipinski definition) is 2. The molecule has 1 rings (SSSR count). The van der Waals surface area contributed by atoms with Crippen molar-refractivity contribution in [2.75, 3.05) is 25.4 Å². The largest absolute Gasteiger partial charge is 0.375 e. The third-order valence-corrected chi connectivity index (χ3v) is 4.83. The van der Waals surface area contributed by atoms with E-state index in [4.69, 9.17) is 4.74 Å². The maximum absolute atomic E-state index is 12.0. The van der Waals surface area contributed by atoms with Crippen LogP contribution in [-0.4, -0.2) is 45.5 Å². The van der Waals surface area contributed by atoms with Gasteiger partial charge in [0.05, 0.1) is 11.4 Å². The third-order valence-electron chi connectivity index (χ3n) is 3.31. The molecule has 1 aliphatic rings. The summed E-state index contributed by atoms with van der Waals surface area (Å²) in [5.74, 6) is 0.218. The van der Waals surface area contributed by atoms with Crippen LogP contribution in [0.5, 0.6) is 0 Å². The summed E-state index contributed by atoms with van der Waals surface area (Å²) in [6.45, 7) is 8.50. The molecule has 114 valence electrons. The highest BCUT2D eigenvalue weighted by Crippen LogP contribution is 2.24. The Labute approximate surface area is 117 Å². The Hall–Kier alpha value is -0.170. The van der Waals surface area contributed by atoms with Crippen molar-refractivity contribution >= 4 is 10.0 Å². The molecule has 0 radical (unpaired) electrons. The van der Waals surface area contributed by atoms with Crippen molar-refractivity contribution < 1.29 is 13.2 Å². The number of rotatable bonds is 8. The summed E-state index contributed by atoms with van der Waals surface area (Å²) in [7, 11) is -3.15. The van der Waals surface area contributed by atoms with E-state index in [1.165, 1.54) is 0 Å². The minimum Gasteiger partial charge on any atom is -0.375 e. The van der Waals surface area contributed by atoms with Gasteiger partial charge in [-0.3, -0.25) is 0 Å². The molecule has 0 aromatic heterocycles. The highest BCUT2D eigenvalue weighted by molar-refractivity contribution is 7.89. The van der Waals surface area contributed by atoms with Crippen LogP contribution in [0.15, 0.2) is 0 Å². The van der Waals surface area contributed by atoms with E-state index < -0.39 is 10.0 Å². The van der Waals surface area contributed by atoms with Crippen LogP contribution in [0.3, 0.4) is 0 Å². The van der Waals surface area contributed by atoms with E-state index in [9.17, 15) is 8.42 Å². The smallest absolute Gasteiger partial charge is 0.211 e. The van der Waals surface area contributed by atoms with E-state index in [1.807, 2.05) is 20.8 Å². The molecular formula is C13H28N2O3S. The second-order valence-corrected chi connectivity index (χ2v) is 7.67. The van der Waals surface area contributed by atoms with Crippen molar-refractivity contribution in [3.63, 3.8) is 0 Å². The van der Waals surface area contributed by atoms with Gasteiger partial charge in [0.25, 0.3) is 0 Å². The van der Waals surface area contributed by atoms with Crippen LogP contribution in [0.2, 0.25) is 0 Å². The topological polar surface area (TPSA) is 67.4 Å². The van der Waals surface area contributed by atoms with Gasteiger partial charge in [-0.2, -0.15) is 0 Å². The predicted molar refractivity (Wildman–Crippen MR) is 77.8 cm³/mol. The van der Waals surface area contributed by atoms with Gasteiger partial charge in [0.15, 0.2) is 0 Å². The van der Waals surface area contributed by atoms with Gasteiger partial charge in [-0.25, -0.2) is 13.1 Å². The van der Waals surface area contributed by atoms with Gasteiger partial charge in [-0.05, 0) is 52.6 Å². The molecule has 0 saturated carbocycles. The minimum absolute atomic E-state index is 0.0162. The molecule has 2 N–H and O–H groups in total. The molecule has 0 spiro atoms. The predicted octanol–water partition coefficient (Wildman–Crippen LogP) is 1.25. The van der Waals surface area contributed by atoms with Gasteiger partial charge in [0, 0.05) is 12.6 Å². The Balaban J connectivity index is 2.29. The Kier molecular flexibility index (Phi) is 6.73. The van der Waals surface area contributed by atoms with Crippen LogP contribution in [0.4, 0.5) is 0 Å². The molecule has 0 amide bonds. The summed E-state index contributed by atoms with van der Waals surface area (Å²) in [5, 5.41) is 3.19. The van der Waals surface area contributed by atoms with Gasteiger partial charge in [-0.1, -0.05) is 6.92 Å². The second kappa shape index (κ2) is 7.57. The van der Waals surface area contributed by atoms with Gasteiger partial charge < -0.3 is 10.1 Å². The first-order chi connectivity index (χ1) is 8.85. The fraction of sp³-hybridized carbons (Fsp3) is 1.00. The zero-order valence-corrected chi connectivity index (χ0v) is 13.2. The van der Waals surface area contributed by atoms with E-state index in [-0.39, 0.29) is 17.4 Å². The maximum Gasteiger partial charge on any atom is 0.211 e. The molecule has 1 fully saturated rings. The number of ether oxygens (including phenoxy) is 1. The number of nitrogens with one attached hydrogen (secondary N) is 2. The molecule has 1 saturated heterocycles. The highest BCUT2D eigenvalue weighted by atomic mass is 32.2. The third kappa shape index (κ3) is 7.25. The van der Waals surface area contributed by atoms with Crippen molar-refractivity contribution in [1.29, 1.82) is 0 Å².